The van der Waals surface area contributed by atoms with Crippen LogP contribution in [0.25, 0.3) is 0 Å². The number of likely N-dealkylation sites (tertiary alicyclic amines) is 1. The lowest BCUT2D eigenvalue weighted by Gasteiger charge is -2.42. The lowest BCUT2D eigenvalue weighted by atomic mass is 9.83. The minimum Gasteiger partial charge on any atom is -0.506 e. The SMILES string of the molecule is O=C(O)C[C@H]1CC[C@H](N2CCN(C(=O)[C@@H](Cc3cc(Br)c(O)c(Br)c3)OC(=O)N3CCC(N4CCc5ccccc5NC4=O)CC3)CC2)CC1. The second-order valence-corrected chi connectivity index (χ2v) is 15.6. The normalized spacial score (nSPS) is 22.7. The van der Waals surface area contributed by atoms with Gasteiger partial charge in [0.15, 0.2) is 6.10 Å². The van der Waals surface area contributed by atoms with Gasteiger partial charge in [-0.3, -0.25) is 14.5 Å². The van der Waals surface area contributed by atoms with Gasteiger partial charge in [0.1, 0.15) is 5.75 Å². The summed E-state index contributed by atoms with van der Waals surface area (Å²) >= 11 is 6.74. The Bertz CT molecular complexity index is 1550. The van der Waals surface area contributed by atoms with Crippen LogP contribution < -0.4 is 5.32 Å². The van der Waals surface area contributed by atoms with Gasteiger partial charge in [-0.05, 0) is 112 Å². The number of fused-ring (bicyclic) bond motifs is 1. The minimum atomic E-state index is -1.06. The van der Waals surface area contributed by atoms with Crippen molar-refractivity contribution < 1.29 is 34.1 Å². The van der Waals surface area contributed by atoms with E-state index in [4.69, 9.17) is 9.84 Å². The molecule has 3 heterocycles. The average molecular weight is 820 g/mol. The van der Waals surface area contributed by atoms with Crippen molar-refractivity contribution in [2.24, 2.45) is 5.92 Å². The van der Waals surface area contributed by atoms with Crippen LogP contribution in [-0.4, -0.2) is 118 Å². The molecular formula is C36H45Br2N5O7. The molecular weight excluding hydrogens is 774 g/mol. The second-order valence-electron chi connectivity index (χ2n) is 13.9. The number of hydrogen-bond acceptors (Lipinski definition) is 7. The van der Waals surface area contributed by atoms with Crippen molar-refractivity contribution >= 4 is 61.5 Å². The molecule has 3 aliphatic heterocycles. The number of piperazine rings is 1. The fourth-order valence-corrected chi connectivity index (χ4v) is 9.18. The van der Waals surface area contributed by atoms with Crippen molar-refractivity contribution in [3.05, 3.63) is 56.5 Å². The molecule has 4 aliphatic rings. The van der Waals surface area contributed by atoms with Gasteiger partial charge in [-0.1, -0.05) is 18.2 Å². The van der Waals surface area contributed by atoms with Crippen molar-refractivity contribution in [3.63, 3.8) is 0 Å². The molecule has 0 bridgehead atoms. The number of nitrogens with one attached hydrogen (secondary N) is 1. The molecule has 6 rings (SSSR count). The molecule has 50 heavy (non-hydrogen) atoms. The molecule has 3 N–H and O–H groups in total. The van der Waals surface area contributed by atoms with Crippen molar-refractivity contribution in [2.45, 2.75) is 76.0 Å². The van der Waals surface area contributed by atoms with Crippen molar-refractivity contribution in [1.82, 2.24) is 19.6 Å². The summed E-state index contributed by atoms with van der Waals surface area (Å²) in [6, 6.07) is 11.5. The number of carboxylic acid groups (broad SMARTS) is 1. The van der Waals surface area contributed by atoms with Gasteiger partial charge in [0.2, 0.25) is 0 Å². The number of amides is 4. The molecule has 2 saturated heterocycles. The summed E-state index contributed by atoms with van der Waals surface area (Å²) in [6.07, 6.45) is 4.46. The van der Waals surface area contributed by atoms with E-state index in [2.05, 4.69) is 42.1 Å². The number of phenolic OH excluding ortho intramolecular Hbond substituents is 1. The number of halogens is 2. The van der Waals surface area contributed by atoms with E-state index in [9.17, 15) is 24.3 Å². The molecule has 2 aromatic carbocycles. The zero-order valence-corrected chi connectivity index (χ0v) is 31.2. The molecule has 14 heteroatoms. The molecule has 1 saturated carbocycles. The number of ether oxygens (including phenoxy) is 1. The van der Waals surface area contributed by atoms with Crippen LogP contribution >= 0.6 is 31.9 Å². The number of carbonyl (C=O) groups is 4. The van der Waals surface area contributed by atoms with Gasteiger partial charge in [0.05, 0.1) is 8.95 Å². The number of phenols is 1. The van der Waals surface area contributed by atoms with Gasteiger partial charge in [0, 0.05) is 76.4 Å². The van der Waals surface area contributed by atoms with Crippen LogP contribution in [0.1, 0.15) is 56.1 Å². The summed E-state index contributed by atoms with van der Waals surface area (Å²) in [5.41, 5.74) is 2.66. The number of para-hydroxylation sites is 1. The Morgan fingerprint density at radius 1 is 0.860 bits per heavy atom. The summed E-state index contributed by atoms with van der Waals surface area (Å²) in [7, 11) is 0. The van der Waals surface area contributed by atoms with Crippen LogP contribution in [0, 0.1) is 5.92 Å². The number of aliphatic carboxylic acids is 1. The van der Waals surface area contributed by atoms with Crippen molar-refractivity contribution in [3.8, 4) is 5.75 Å². The van der Waals surface area contributed by atoms with Gasteiger partial charge >= 0.3 is 18.1 Å². The smallest absolute Gasteiger partial charge is 0.410 e. The lowest BCUT2D eigenvalue weighted by molar-refractivity contribution is -0.143. The number of hydrogen-bond donors (Lipinski definition) is 3. The van der Waals surface area contributed by atoms with E-state index in [1.54, 1.807) is 21.9 Å². The molecule has 1 aliphatic carbocycles. The third kappa shape index (κ3) is 8.74. The van der Waals surface area contributed by atoms with E-state index in [1.807, 2.05) is 29.2 Å². The zero-order chi connectivity index (χ0) is 35.4. The molecule has 0 spiro atoms. The number of piperidine rings is 1. The van der Waals surface area contributed by atoms with Crippen molar-refractivity contribution in [2.75, 3.05) is 51.1 Å². The highest BCUT2D eigenvalue weighted by atomic mass is 79.9. The predicted octanol–water partition coefficient (Wildman–Crippen LogP) is 5.70. The molecule has 3 fully saturated rings. The summed E-state index contributed by atoms with van der Waals surface area (Å²) in [5.74, 6) is -0.703. The first-order chi connectivity index (χ1) is 24.0. The summed E-state index contributed by atoms with van der Waals surface area (Å²) in [4.78, 5) is 59.6. The molecule has 0 unspecified atom stereocenters. The standard InChI is InChI=1S/C36H45Br2N5O7/c37-28-19-24(20-29(38)33(28)46)21-31(34(47)41-17-15-40(16-18-41)26-7-5-23(6-8-26)22-32(44)45)50-36(49)42-12-10-27(11-13-42)43-14-9-25-3-1-2-4-30(25)39-35(43)48/h1-4,19-20,23,26-27,31,46H,5-18,21-22H2,(H,39,48)(H,44,45)/t23-,26-,31-/m1/s1. The zero-order valence-electron chi connectivity index (χ0n) is 28.1. The number of aromatic hydroxyl groups is 1. The van der Waals surface area contributed by atoms with Crippen LogP contribution in [-0.2, 0) is 27.2 Å². The molecule has 12 nitrogen and oxygen atoms in total. The first-order valence-corrected chi connectivity index (χ1v) is 19.2. The maximum Gasteiger partial charge on any atom is 0.410 e. The van der Waals surface area contributed by atoms with E-state index in [0.29, 0.717) is 73.6 Å². The van der Waals surface area contributed by atoms with Crippen LogP contribution in [0.4, 0.5) is 15.3 Å². The summed E-state index contributed by atoms with van der Waals surface area (Å²) in [5, 5.41) is 22.4. The summed E-state index contributed by atoms with van der Waals surface area (Å²) < 4.78 is 6.95. The van der Waals surface area contributed by atoms with Crippen molar-refractivity contribution in [1.29, 1.82) is 0 Å². The van der Waals surface area contributed by atoms with E-state index in [0.717, 1.165) is 48.9 Å². The molecule has 0 radical (unpaired) electrons. The van der Waals surface area contributed by atoms with E-state index >= 15 is 0 Å². The lowest BCUT2D eigenvalue weighted by Crippen LogP contribution is -2.55. The minimum absolute atomic E-state index is 0.0130. The maximum absolute atomic E-state index is 14.0. The van der Waals surface area contributed by atoms with Gasteiger partial charge < -0.3 is 35.0 Å². The predicted molar refractivity (Wildman–Crippen MR) is 194 cm³/mol. The molecule has 2 aromatic rings. The molecule has 270 valence electrons. The Kier molecular flexibility index (Phi) is 11.9. The van der Waals surface area contributed by atoms with Crippen LogP contribution in [0.3, 0.4) is 0 Å². The highest BCUT2D eigenvalue weighted by molar-refractivity contribution is 9.11. The largest absolute Gasteiger partial charge is 0.506 e. The average Bonchev–Trinajstić information content (AvgIpc) is 3.28. The first kappa shape index (κ1) is 36.4. The monoisotopic (exact) mass is 817 g/mol. The summed E-state index contributed by atoms with van der Waals surface area (Å²) in [6.45, 7) is 3.86. The highest BCUT2D eigenvalue weighted by Gasteiger charge is 2.37. The quantitative estimate of drug-likeness (QED) is 0.308. The Morgan fingerprint density at radius 3 is 2.18 bits per heavy atom. The van der Waals surface area contributed by atoms with Crippen LogP contribution in [0.5, 0.6) is 5.75 Å². The second kappa shape index (κ2) is 16.3. The maximum atomic E-state index is 14.0. The van der Waals surface area contributed by atoms with Gasteiger partial charge in [0.25, 0.3) is 5.91 Å². The van der Waals surface area contributed by atoms with Gasteiger partial charge in [-0.15, -0.1) is 0 Å². The topological polar surface area (TPSA) is 143 Å². The third-order valence-electron chi connectivity index (χ3n) is 10.7. The number of carboxylic acids is 1. The number of anilines is 1. The molecule has 4 amide bonds. The van der Waals surface area contributed by atoms with Crippen LogP contribution in [0.15, 0.2) is 45.3 Å². The first-order valence-electron chi connectivity index (χ1n) is 17.6. The number of nitrogens with zero attached hydrogens (tertiary/aromatic N) is 4. The fourth-order valence-electron chi connectivity index (χ4n) is 7.90. The Labute approximate surface area is 309 Å². The Hall–Kier alpha value is -3.36. The van der Waals surface area contributed by atoms with Gasteiger partial charge in [-0.2, -0.15) is 0 Å². The number of benzene rings is 2. The number of urea groups is 1. The highest BCUT2D eigenvalue weighted by Crippen LogP contribution is 2.34. The number of carbonyl (C=O) groups excluding carboxylic acids is 3. The van der Waals surface area contributed by atoms with E-state index < -0.39 is 18.2 Å². The van der Waals surface area contributed by atoms with E-state index in [1.165, 1.54) is 0 Å². The molecule has 1 atom stereocenters. The molecule has 0 aromatic heterocycles. The third-order valence-corrected chi connectivity index (χ3v) is 12.0. The Morgan fingerprint density at radius 2 is 1.52 bits per heavy atom. The number of rotatable bonds is 8. The van der Waals surface area contributed by atoms with Gasteiger partial charge in [-0.25, -0.2) is 9.59 Å². The van der Waals surface area contributed by atoms with E-state index in [-0.39, 0.29) is 42.5 Å². The Balaban J connectivity index is 1.06. The fraction of sp³-hybridized carbons (Fsp3) is 0.556. The van der Waals surface area contributed by atoms with Crippen LogP contribution in [0.2, 0.25) is 0 Å².